The molecule has 1 aromatic heterocycles. The number of rotatable bonds is 5. The number of fused-ring (bicyclic) bond motifs is 1. The lowest BCUT2D eigenvalue weighted by atomic mass is 10.2. The number of aromatic nitrogens is 1. The summed E-state index contributed by atoms with van der Waals surface area (Å²) in [7, 11) is 0. The van der Waals surface area contributed by atoms with Gasteiger partial charge in [0.15, 0.2) is 0 Å². The van der Waals surface area contributed by atoms with Crippen molar-refractivity contribution in [2.45, 2.75) is 17.2 Å². The van der Waals surface area contributed by atoms with Crippen LogP contribution in [0.2, 0.25) is 10.0 Å². The molecule has 0 spiro atoms. The van der Waals surface area contributed by atoms with Crippen molar-refractivity contribution in [3.8, 4) is 0 Å². The maximum Gasteiger partial charge on any atom is 0.0595 e. The maximum atomic E-state index is 6.15. The van der Waals surface area contributed by atoms with Crippen molar-refractivity contribution < 1.29 is 0 Å². The average Bonchev–Trinajstić information content (AvgIpc) is 3.02. The van der Waals surface area contributed by atoms with E-state index in [1.54, 1.807) is 0 Å². The Hall–Kier alpha value is -1.39. The number of halogens is 3. The van der Waals surface area contributed by atoms with Crippen LogP contribution in [0, 0.1) is 0 Å². The summed E-state index contributed by atoms with van der Waals surface area (Å²) in [5, 5.41) is 2.48. The second kappa shape index (κ2) is 8.32. The highest BCUT2D eigenvalue weighted by Crippen LogP contribution is 2.33. The van der Waals surface area contributed by atoms with E-state index in [0.717, 1.165) is 16.8 Å². The molecular formula is C22H16BrCl2NS. The van der Waals surface area contributed by atoms with Crippen LogP contribution in [0.1, 0.15) is 11.1 Å². The van der Waals surface area contributed by atoms with Crippen molar-refractivity contribution in [2.24, 2.45) is 0 Å². The Kier molecular flexibility index (Phi) is 5.84. The second-order valence-electron chi connectivity index (χ2n) is 6.30. The molecule has 0 aliphatic carbocycles. The number of thioether (sulfide) groups is 1. The molecule has 0 unspecified atom stereocenters. The van der Waals surface area contributed by atoms with Crippen molar-refractivity contribution in [2.75, 3.05) is 0 Å². The van der Waals surface area contributed by atoms with Crippen LogP contribution < -0.4 is 0 Å². The number of benzene rings is 3. The molecule has 0 fully saturated rings. The van der Waals surface area contributed by atoms with Gasteiger partial charge in [0, 0.05) is 38.8 Å². The lowest BCUT2D eigenvalue weighted by molar-refractivity contribution is 0.830. The van der Waals surface area contributed by atoms with Crippen LogP contribution in [0.15, 0.2) is 82.3 Å². The number of nitrogens with zero attached hydrogens (tertiary/aromatic N) is 1. The summed E-state index contributed by atoms with van der Waals surface area (Å²) in [6, 6.07) is 22.9. The Morgan fingerprint density at radius 2 is 1.59 bits per heavy atom. The van der Waals surface area contributed by atoms with Crippen molar-refractivity contribution >= 4 is 61.8 Å². The van der Waals surface area contributed by atoms with Crippen LogP contribution >= 0.6 is 50.9 Å². The predicted octanol–water partition coefficient (Wildman–Crippen LogP) is 8.05. The predicted molar refractivity (Wildman–Crippen MR) is 121 cm³/mol. The van der Waals surface area contributed by atoms with Crippen LogP contribution in [0.25, 0.3) is 10.9 Å². The minimum absolute atomic E-state index is 0.594. The number of hydrogen-bond acceptors (Lipinski definition) is 1. The summed E-state index contributed by atoms with van der Waals surface area (Å²) in [5.74, 6) is 0.850. The average molecular weight is 477 g/mol. The second-order valence-corrected chi connectivity index (χ2v) is 9.05. The van der Waals surface area contributed by atoms with Gasteiger partial charge in [0.2, 0.25) is 0 Å². The molecule has 3 aromatic carbocycles. The SMILES string of the molecule is Clc1ccc(CSc2cn(Cc3ccc(Br)cc3)c3ccccc23)cc1Cl. The zero-order valence-corrected chi connectivity index (χ0v) is 18.2. The first-order valence-corrected chi connectivity index (χ1v) is 11.0. The minimum Gasteiger partial charge on any atom is -0.342 e. The van der Waals surface area contributed by atoms with Gasteiger partial charge in [-0.1, -0.05) is 75.5 Å². The Balaban J connectivity index is 1.61. The fraction of sp³-hybridized carbons (Fsp3) is 0.0909. The first kappa shape index (κ1) is 18.9. The highest BCUT2D eigenvalue weighted by molar-refractivity contribution is 9.10. The first-order valence-electron chi connectivity index (χ1n) is 8.49. The molecule has 0 saturated carbocycles. The molecule has 4 aromatic rings. The molecule has 0 radical (unpaired) electrons. The molecule has 1 heterocycles. The minimum atomic E-state index is 0.594. The summed E-state index contributed by atoms with van der Waals surface area (Å²) in [6.45, 7) is 0.848. The van der Waals surface area contributed by atoms with E-state index >= 15 is 0 Å². The van der Waals surface area contributed by atoms with Gasteiger partial charge < -0.3 is 4.57 Å². The van der Waals surface area contributed by atoms with Crippen molar-refractivity contribution in [3.63, 3.8) is 0 Å². The van der Waals surface area contributed by atoms with Gasteiger partial charge in [0.05, 0.1) is 10.0 Å². The molecule has 0 atom stereocenters. The van der Waals surface area contributed by atoms with Gasteiger partial charge in [0.1, 0.15) is 0 Å². The summed E-state index contributed by atoms with van der Waals surface area (Å²) >= 11 is 17.5. The van der Waals surface area contributed by atoms with Gasteiger partial charge >= 0.3 is 0 Å². The Morgan fingerprint density at radius 1 is 0.852 bits per heavy atom. The van der Waals surface area contributed by atoms with E-state index in [2.05, 4.69) is 75.2 Å². The zero-order chi connectivity index (χ0) is 18.8. The molecule has 1 nitrogen and oxygen atoms in total. The monoisotopic (exact) mass is 475 g/mol. The number of para-hydroxylation sites is 1. The topological polar surface area (TPSA) is 4.93 Å². The van der Waals surface area contributed by atoms with Crippen molar-refractivity contribution in [1.29, 1.82) is 0 Å². The van der Waals surface area contributed by atoms with E-state index < -0.39 is 0 Å². The first-order chi connectivity index (χ1) is 13.1. The molecule has 27 heavy (non-hydrogen) atoms. The molecule has 5 heteroatoms. The molecule has 136 valence electrons. The van der Waals surface area contributed by atoms with E-state index in [1.165, 1.54) is 26.9 Å². The summed E-state index contributed by atoms with van der Waals surface area (Å²) in [4.78, 5) is 1.27. The van der Waals surface area contributed by atoms with E-state index in [9.17, 15) is 0 Å². The van der Waals surface area contributed by atoms with Gasteiger partial charge in [-0.25, -0.2) is 0 Å². The molecule has 0 aliphatic heterocycles. The molecular weight excluding hydrogens is 461 g/mol. The van der Waals surface area contributed by atoms with E-state index in [1.807, 2.05) is 30.0 Å². The normalized spacial score (nSPS) is 11.2. The third kappa shape index (κ3) is 4.38. The number of hydrogen-bond donors (Lipinski definition) is 0. The van der Waals surface area contributed by atoms with Gasteiger partial charge in [-0.15, -0.1) is 11.8 Å². The summed E-state index contributed by atoms with van der Waals surface area (Å²) < 4.78 is 3.41. The zero-order valence-electron chi connectivity index (χ0n) is 14.3. The molecule has 0 bridgehead atoms. The lowest BCUT2D eigenvalue weighted by Crippen LogP contribution is -1.97. The molecule has 0 aliphatic rings. The Labute approximate surface area is 181 Å². The van der Waals surface area contributed by atoms with E-state index in [0.29, 0.717) is 10.0 Å². The van der Waals surface area contributed by atoms with Crippen molar-refractivity contribution in [1.82, 2.24) is 4.57 Å². The Bertz CT molecular complexity index is 1090. The molecule has 0 amide bonds. The highest BCUT2D eigenvalue weighted by Gasteiger charge is 2.10. The van der Waals surface area contributed by atoms with Gasteiger partial charge in [0.25, 0.3) is 0 Å². The largest absolute Gasteiger partial charge is 0.342 e. The van der Waals surface area contributed by atoms with Crippen LogP contribution in [0.5, 0.6) is 0 Å². The van der Waals surface area contributed by atoms with Gasteiger partial charge in [-0.3, -0.25) is 0 Å². The summed E-state index contributed by atoms with van der Waals surface area (Å²) in [5.41, 5.74) is 3.69. The Morgan fingerprint density at radius 3 is 2.37 bits per heavy atom. The maximum absolute atomic E-state index is 6.15. The third-order valence-electron chi connectivity index (χ3n) is 4.40. The molecule has 0 saturated heterocycles. The van der Waals surface area contributed by atoms with Crippen LogP contribution in [0.3, 0.4) is 0 Å². The fourth-order valence-electron chi connectivity index (χ4n) is 3.04. The van der Waals surface area contributed by atoms with Crippen LogP contribution in [0.4, 0.5) is 0 Å². The van der Waals surface area contributed by atoms with Crippen molar-refractivity contribution in [3.05, 3.63) is 98.6 Å². The summed E-state index contributed by atoms with van der Waals surface area (Å²) in [6.07, 6.45) is 2.24. The van der Waals surface area contributed by atoms with Crippen LogP contribution in [-0.2, 0) is 12.3 Å². The van der Waals surface area contributed by atoms with Gasteiger partial charge in [-0.2, -0.15) is 0 Å². The van der Waals surface area contributed by atoms with Gasteiger partial charge in [-0.05, 0) is 41.5 Å². The highest BCUT2D eigenvalue weighted by atomic mass is 79.9. The third-order valence-corrected chi connectivity index (χ3v) is 6.78. The van der Waals surface area contributed by atoms with E-state index in [4.69, 9.17) is 23.2 Å². The quantitative estimate of drug-likeness (QED) is 0.263. The molecule has 0 N–H and O–H groups in total. The lowest BCUT2D eigenvalue weighted by Gasteiger charge is -2.05. The fourth-order valence-corrected chi connectivity index (χ4v) is 4.65. The smallest absolute Gasteiger partial charge is 0.0595 e. The van der Waals surface area contributed by atoms with Crippen LogP contribution in [-0.4, -0.2) is 4.57 Å². The standard InChI is InChI=1S/C22H16BrCl2NS/c23-17-8-5-15(6-9-17)12-26-13-22(18-3-1-2-4-21(18)26)27-14-16-7-10-19(24)20(25)11-16/h1-11,13H,12,14H2. The molecule has 4 rings (SSSR count). The van der Waals surface area contributed by atoms with E-state index in [-0.39, 0.29) is 0 Å².